The summed E-state index contributed by atoms with van der Waals surface area (Å²) >= 11 is 3.10. The van der Waals surface area contributed by atoms with Gasteiger partial charge in [-0.2, -0.15) is 0 Å². The second-order valence-corrected chi connectivity index (χ2v) is 5.72. The molecular weight excluding hydrogens is 367 g/mol. The van der Waals surface area contributed by atoms with Crippen molar-refractivity contribution in [2.24, 2.45) is 0 Å². The van der Waals surface area contributed by atoms with E-state index in [4.69, 9.17) is 4.74 Å². The first-order valence-electron chi connectivity index (χ1n) is 6.81. The predicted molar refractivity (Wildman–Crippen MR) is 76.8 cm³/mol. The number of likely N-dealkylation sites (tertiary alicyclic amines) is 1. The lowest BCUT2D eigenvalue weighted by molar-refractivity contribution is -0.274. The van der Waals surface area contributed by atoms with Gasteiger partial charge < -0.3 is 14.4 Å². The van der Waals surface area contributed by atoms with Crippen molar-refractivity contribution < 1.29 is 27.4 Å². The molecule has 122 valence electrons. The van der Waals surface area contributed by atoms with Crippen molar-refractivity contribution >= 4 is 21.8 Å². The number of nitrogens with zero attached hydrogens (tertiary/aromatic N) is 1. The van der Waals surface area contributed by atoms with E-state index in [0.717, 1.165) is 44.5 Å². The van der Waals surface area contributed by atoms with Crippen LogP contribution in [-0.2, 0) is 4.79 Å². The fourth-order valence-electron chi connectivity index (χ4n) is 2.17. The van der Waals surface area contributed by atoms with E-state index < -0.39 is 6.36 Å². The first kappa shape index (κ1) is 16.9. The normalized spacial score (nSPS) is 15.5. The molecule has 0 spiro atoms. The van der Waals surface area contributed by atoms with Gasteiger partial charge in [0.1, 0.15) is 11.5 Å². The first-order valence-corrected chi connectivity index (χ1v) is 7.60. The number of hydrogen-bond donors (Lipinski definition) is 0. The Bertz CT molecular complexity index is 531. The summed E-state index contributed by atoms with van der Waals surface area (Å²) in [6, 6.07) is 3.61. The third kappa shape index (κ3) is 5.08. The highest BCUT2D eigenvalue weighted by Crippen LogP contribution is 2.32. The van der Waals surface area contributed by atoms with Crippen molar-refractivity contribution in [1.29, 1.82) is 0 Å². The van der Waals surface area contributed by atoms with E-state index in [1.807, 2.05) is 0 Å². The molecule has 0 aliphatic carbocycles. The van der Waals surface area contributed by atoms with Crippen LogP contribution >= 0.6 is 15.9 Å². The topological polar surface area (TPSA) is 38.8 Å². The lowest BCUT2D eigenvalue weighted by atomic mass is 10.1. The van der Waals surface area contributed by atoms with E-state index >= 15 is 0 Å². The molecule has 0 saturated carbocycles. The Labute approximate surface area is 134 Å². The van der Waals surface area contributed by atoms with Crippen LogP contribution in [0, 0.1) is 0 Å². The molecule has 0 atom stereocenters. The van der Waals surface area contributed by atoms with Gasteiger partial charge in [0, 0.05) is 13.1 Å². The number of amides is 1. The summed E-state index contributed by atoms with van der Waals surface area (Å²) < 4.78 is 45.8. The highest BCUT2D eigenvalue weighted by atomic mass is 79.9. The third-order valence-electron chi connectivity index (χ3n) is 3.20. The fourth-order valence-corrected chi connectivity index (χ4v) is 2.64. The lowest BCUT2D eigenvalue weighted by Gasteiger charge is -2.26. The summed E-state index contributed by atoms with van der Waals surface area (Å²) in [4.78, 5) is 13.7. The van der Waals surface area contributed by atoms with E-state index in [2.05, 4.69) is 20.7 Å². The summed E-state index contributed by atoms with van der Waals surface area (Å²) in [6.07, 6.45) is -1.65. The minimum absolute atomic E-state index is 0.123. The van der Waals surface area contributed by atoms with E-state index in [1.54, 1.807) is 4.90 Å². The van der Waals surface area contributed by atoms with Crippen molar-refractivity contribution in [3.63, 3.8) is 0 Å². The fraction of sp³-hybridized carbons (Fsp3) is 0.500. The molecule has 1 amide bonds. The lowest BCUT2D eigenvalue weighted by Crippen LogP contribution is -2.38. The second-order valence-electron chi connectivity index (χ2n) is 4.87. The highest BCUT2D eigenvalue weighted by molar-refractivity contribution is 9.10. The maximum atomic E-state index is 12.1. The molecule has 1 saturated heterocycles. The largest absolute Gasteiger partial charge is 0.573 e. The van der Waals surface area contributed by atoms with Crippen LogP contribution < -0.4 is 9.47 Å². The van der Waals surface area contributed by atoms with Crippen molar-refractivity contribution in [2.75, 3.05) is 19.7 Å². The predicted octanol–water partition coefficient (Wildman–Crippen LogP) is 3.74. The van der Waals surface area contributed by atoms with Crippen LogP contribution in [0.15, 0.2) is 22.7 Å². The van der Waals surface area contributed by atoms with Gasteiger partial charge in [0.2, 0.25) is 0 Å². The molecule has 0 aromatic heterocycles. The Balaban J connectivity index is 1.91. The molecule has 1 aromatic rings. The number of carbonyl (C=O) groups is 1. The first-order chi connectivity index (χ1) is 10.3. The zero-order chi connectivity index (χ0) is 16.2. The number of hydrogen-bond acceptors (Lipinski definition) is 3. The number of rotatable bonds is 4. The molecule has 0 unspecified atom stereocenters. The van der Waals surface area contributed by atoms with E-state index in [1.165, 1.54) is 6.07 Å². The van der Waals surface area contributed by atoms with E-state index in [-0.39, 0.29) is 18.3 Å². The zero-order valence-corrected chi connectivity index (χ0v) is 13.2. The van der Waals surface area contributed by atoms with Crippen molar-refractivity contribution in [3.8, 4) is 11.5 Å². The Morgan fingerprint density at radius 3 is 2.50 bits per heavy atom. The molecule has 1 aromatic carbocycles. The van der Waals surface area contributed by atoms with Gasteiger partial charge in [-0.3, -0.25) is 4.79 Å². The number of ether oxygens (including phenoxy) is 2. The van der Waals surface area contributed by atoms with Gasteiger partial charge in [-0.25, -0.2) is 0 Å². The number of benzene rings is 1. The molecule has 1 heterocycles. The number of alkyl halides is 3. The van der Waals surface area contributed by atoms with E-state index in [0.29, 0.717) is 10.2 Å². The maximum Gasteiger partial charge on any atom is 0.573 e. The van der Waals surface area contributed by atoms with Gasteiger partial charge in [-0.05, 0) is 53.4 Å². The van der Waals surface area contributed by atoms with Crippen molar-refractivity contribution in [2.45, 2.75) is 25.6 Å². The maximum absolute atomic E-state index is 12.1. The Hall–Kier alpha value is -1.44. The summed E-state index contributed by atoms with van der Waals surface area (Å²) in [6.45, 7) is 1.31. The van der Waals surface area contributed by atoms with Crippen LogP contribution in [0.25, 0.3) is 0 Å². The van der Waals surface area contributed by atoms with Gasteiger partial charge in [-0.1, -0.05) is 0 Å². The van der Waals surface area contributed by atoms with E-state index in [9.17, 15) is 18.0 Å². The summed E-state index contributed by atoms with van der Waals surface area (Å²) in [5.41, 5.74) is 0. The zero-order valence-electron chi connectivity index (χ0n) is 11.7. The summed E-state index contributed by atoms with van der Waals surface area (Å²) in [7, 11) is 0. The molecule has 0 bridgehead atoms. The smallest absolute Gasteiger partial charge is 0.483 e. The van der Waals surface area contributed by atoms with Gasteiger partial charge >= 0.3 is 6.36 Å². The average Bonchev–Trinajstić information content (AvgIpc) is 2.45. The van der Waals surface area contributed by atoms with Gasteiger partial charge in [0.15, 0.2) is 6.61 Å². The Morgan fingerprint density at radius 2 is 1.91 bits per heavy atom. The summed E-state index contributed by atoms with van der Waals surface area (Å²) in [5, 5.41) is 0. The minimum Gasteiger partial charge on any atom is -0.483 e. The molecule has 22 heavy (non-hydrogen) atoms. The van der Waals surface area contributed by atoms with Gasteiger partial charge in [0.25, 0.3) is 5.91 Å². The molecule has 0 radical (unpaired) electrons. The Morgan fingerprint density at radius 1 is 1.23 bits per heavy atom. The van der Waals surface area contributed by atoms with Crippen molar-refractivity contribution in [3.05, 3.63) is 22.7 Å². The van der Waals surface area contributed by atoms with Crippen LogP contribution in [0.1, 0.15) is 19.3 Å². The van der Waals surface area contributed by atoms with Gasteiger partial charge in [-0.15, -0.1) is 13.2 Å². The molecule has 1 fully saturated rings. The minimum atomic E-state index is -4.74. The SMILES string of the molecule is O=C(COc1ccc(OC(F)(F)F)cc1Br)N1CCCCC1. The van der Waals surface area contributed by atoms with Crippen molar-refractivity contribution in [1.82, 2.24) is 4.90 Å². The quantitative estimate of drug-likeness (QED) is 0.797. The monoisotopic (exact) mass is 381 g/mol. The standard InChI is InChI=1S/C14H15BrF3NO3/c15-11-8-10(22-14(16,17)18)4-5-12(11)21-9-13(20)19-6-2-1-3-7-19/h4-5,8H,1-3,6-7,9H2. The van der Waals surface area contributed by atoms with Crippen LogP contribution in [0.4, 0.5) is 13.2 Å². The summed E-state index contributed by atoms with van der Waals surface area (Å²) in [5.74, 6) is -0.184. The van der Waals surface area contributed by atoms with Crippen LogP contribution in [-0.4, -0.2) is 36.9 Å². The Kier molecular flexibility index (Phi) is 5.55. The van der Waals surface area contributed by atoms with Crippen LogP contribution in [0.2, 0.25) is 0 Å². The third-order valence-corrected chi connectivity index (χ3v) is 3.82. The van der Waals surface area contributed by atoms with Gasteiger partial charge in [0.05, 0.1) is 4.47 Å². The van der Waals surface area contributed by atoms with Crippen LogP contribution in [0.5, 0.6) is 11.5 Å². The molecule has 0 N–H and O–H groups in total. The molecule has 4 nitrogen and oxygen atoms in total. The molecule has 1 aliphatic rings. The second kappa shape index (κ2) is 7.21. The number of carbonyl (C=O) groups excluding carboxylic acids is 1. The average molecular weight is 382 g/mol. The molecule has 1 aliphatic heterocycles. The number of piperidine rings is 1. The molecule has 2 rings (SSSR count). The highest BCUT2D eigenvalue weighted by Gasteiger charge is 2.31. The molecule has 8 heteroatoms. The molecular formula is C14H15BrF3NO3. The van der Waals surface area contributed by atoms with Crippen LogP contribution in [0.3, 0.4) is 0 Å². The number of halogens is 4.